The summed E-state index contributed by atoms with van der Waals surface area (Å²) >= 11 is 11.6. The molecule has 4 atom stereocenters. The van der Waals surface area contributed by atoms with Crippen molar-refractivity contribution in [1.29, 1.82) is 0 Å². The maximum Gasteiger partial charge on any atom is 0.523 e. The van der Waals surface area contributed by atoms with Gasteiger partial charge in [-0.3, -0.25) is 4.18 Å². The van der Waals surface area contributed by atoms with Gasteiger partial charge in [-0.15, -0.1) is 0 Å². The summed E-state index contributed by atoms with van der Waals surface area (Å²) in [5.41, 5.74) is -5.52. The molecule has 1 aromatic rings. The Morgan fingerprint density at radius 1 is 1.24 bits per heavy atom. The van der Waals surface area contributed by atoms with E-state index in [1.54, 1.807) is 0 Å². The topological polar surface area (TPSA) is 99.6 Å². The van der Waals surface area contributed by atoms with E-state index in [0.717, 1.165) is 0 Å². The maximum atomic E-state index is 12.4. The van der Waals surface area contributed by atoms with Crippen LogP contribution in [0.1, 0.15) is 0 Å². The predicted molar refractivity (Wildman–Crippen MR) is 78.8 cm³/mol. The van der Waals surface area contributed by atoms with Gasteiger partial charge >= 0.3 is 15.6 Å². The molecule has 0 amide bonds. The van der Waals surface area contributed by atoms with E-state index >= 15 is 0 Å². The van der Waals surface area contributed by atoms with Crippen molar-refractivity contribution in [3.8, 4) is 0 Å². The van der Waals surface area contributed by atoms with Crippen molar-refractivity contribution in [3.63, 3.8) is 0 Å². The van der Waals surface area contributed by atoms with Crippen LogP contribution in [0.2, 0.25) is 10.3 Å². The van der Waals surface area contributed by atoms with Gasteiger partial charge in [-0.25, -0.2) is 4.98 Å². The molecule has 0 radical (unpaired) electrons. The van der Waals surface area contributed by atoms with Gasteiger partial charge in [0, 0.05) is 0 Å². The average Bonchev–Trinajstić information content (AvgIpc) is 3.06. The third-order valence-corrected chi connectivity index (χ3v) is 5.10. The lowest BCUT2D eigenvalue weighted by molar-refractivity contribution is -0.0623. The minimum absolute atomic E-state index is 0.0131. The largest absolute Gasteiger partial charge is 0.523 e. The highest BCUT2D eigenvalue weighted by molar-refractivity contribution is 7.87. The summed E-state index contributed by atoms with van der Waals surface area (Å²) in [6, 6.07) is -0.546. The van der Waals surface area contributed by atoms with E-state index in [9.17, 15) is 21.6 Å². The third kappa shape index (κ3) is 3.78. The number of nitrogens with zero attached hydrogens (tertiary/aromatic N) is 2. The number of rotatable bonds is 4. The highest BCUT2D eigenvalue weighted by Gasteiger charge is 2.55. The Morgan fingerprint density at radius 3 is 2.60 bits per heavy atom. The van der Waals surface area contributed by atoms with Crippen molar-refractivity contribution in [1.82, 2.24) is 9.97 Å². The number of fused-ring (bicyclic) bond motifs is 1. The summed E-state index contributed by atoms with van der Waals surface area (Å²) in [5, 5.41) is 2.99. The van der Waals surface area contributed by atoms with Crippen molar-refractivity contribution < 1.29 is 35.2 Å². The Bertz CT molecular complexity index is 766. The molecule has 1 N–H and O–H groups in total. The molecule has 2 aliphatic heterocycles. The second kappa shape index (κ2) is 6.67. The van der Waals surface area contributed by atoms with E-state index in [-0.39, 0.29) is 29.3 Å². The molecule has 2 fully saturated rings. The van der Waals surface area contributed by atoms with E-state index in [2.05, 4.69) is 19.5 Å². The number of alkyl halides is 3. The van der Waals surface area contributed by atoms with Crippen molar-refractivity contribution in [3.05, 3.63) is 16.5 Å². The minimum Gasteiger partial charge on any atom is -0.370 e. The lowest BCUT2D eigenvalue weighted by Crippen LogP contribution is -2.39. The van der Waals surface area contributed by atoms with E-state index < -0.39 is 40.0 Å². The fourth-order valence-electron chi connectivity index (χ4n) is 2.51. The van der Waals surface area contributed by atoms with Gasteiger partial charge < -0.3 is 14.8 Å². The van der Waals surface area contributed by atoms with Gasteiger partial charge in [0.1, 0.15) is 29.2 Å². The van der Waals surface area contributed by atoms with Crippen molar-refractivity contribution in [2.45, 2.75) is 29.9 Å². The number of hydrogen-bond acceptors (Lipinski definition) is 8. The van der Waals surface area contributed by atoms with Crippen LogP contribution in [0.5, 0.6) is 0 Å². The van der Waals surface area contributed by atoms with Gasteiger partial charge in [-0.05, 0) is 11.6 Å². The van der Waals surface area contributed by atoms with Crippen LogP contribution in [-0.4, -0.2) is 61.5 Å². The first-order chi connectivity index (χ1) is 11.6. The molecule has 14 heteroatoms. The molecule has 1 aromatic heterocycles. The van der Waals surface area contributed by atoms with Gasteiger partial charge in [0.05, 0.1) is 25.5 Å². The fourth-order valence-corrected chi connectivity index (χ4v) is 3.39. The van der Waals surface area contributed by atoms with Crippen molar-refractivity contribution >= 4 is 39.1 Å². The Kier molecular flexibility index (Phi) is 5.03. The number of aromatic nitrogens is 2. The second-order valence-electron chi connectivity index (χ2n) is 5.22. The molecule has 25 heavy (non-hydrogen) atoms. The molecule has 8 nitrogen and oxygen atoms in total. The highest BCUT2D eigenvalue weighted by atomic mass is 35.5. The molecule has 0 aromatic carbocycles. The number of halogens is 5. The summed E-state index contributed by atoms with van der Waals surface area (Å²) in [5.74, 6) is 0.187. The Balaban J connectivity index is 1.69. The van der Waals surface area contributed by atoms with Crippen LogP contribution in [0.3, 0.4) is 0 Å². The summed E-state index contributed by atoms with van der Waals surface area (Å²) in [7, 11) is -5.75. The molecule has 0 bridgehead atoms. The van der Waals surface area contributed by atoms with E-state index in [0.29, 0.717) is 0 Å². The molecular weight excluding hydrogens is 414 g/mol. The van der Waals surface area contributed by atoms with Crippen LogP contribution >= 0.6 is 23.2 Å². The second-order valence-corrected chi connectivity index (χ2v) is 7.53. The van der Waals surface area contributed by atoms with Crippen LogP contribution in [0.4, 0.5) is 19.0 Å². The molecule has 0 saturated carbocycles. The Hall–Kier alpha value is -0.920. The maximum absolute atomic E-state index is 12.4. The zero-order chi connectivity index (χ0) is 18.4. The van der Waals surface area contributed by atoms with Gasteiger partial charge in [0.25, 0.3) is 0 Å². The van der Waals surface area contributed by atoms with Crippen LogP contribution in [-0.2, 0) is 23.8 Å². The van der Waals surface area contributed by atoms with E-state index in [4.69, 9.17) is 32.7 Å². The standard InChI is InChI=1S/C11H10Cl2F3N3O5S/c12-4-1-17-10(13)19-9(4)18-5-2-22-8-6(3-23-7(5)8)24-25(20,21)11(14,15)16/h1,5-8H,2-3H2,(H,17,18,19)/t5-,6-,7?,8?/m1/s1. The molecular formula is C11H10Cl2F3N3O5S. The summed E-state index contributed by atoms with van der Waals surface area (Å²) in [4.78, 5) is 7.57. The predicted octanol–water partition coefficient (Wildman–Crippen LogP) is 1.60. The zero-order valence-corrected chi connectivity index (χ0v) is 14.4. The van der Waals surface area contributed by atoms with Crippen LogP contribution in [0, 0.1) is 0 Å². The van der Waals surface area contributed by atoms with Gasteiger partial charge in [0.2, 0.25) is 5.28 Å². The normalized spacial score (nSPS) is 29.6. The van der Waals surface area contributed by atoms with Crippen LogP contribution in [0.25, 0.3) is 0 Å². The molecule has 3 rings (SSSR count). The lowest BCUT2D eigenvalue weighted by atomic mass is 10.1. The minimum atomic E-state index is -5.75. The molecule has 2 saturated heterocycles. The molecule has 0 spiro atoms. The first-order valence-electron chi connectivity index (χ1n) is 6.76. The van der Waals surface area contributed by atoms with Crippen LogP contribution < -0.4 is 5.32 Å². The highest BCUT2D eigenvalue weighted by Crippen LogP contribution is 2.35. The Morgan fingerprint density at radius 2 is 1.92 bits per heavy atom. The lowest BCUT2D eigenvalue weighted by Gasteiger charge is -2.19. The Labute approximate surface area is 149 Å². The molecule has 2 aliphatic rings. The van der Waals surface area contributed by atoms with Gasteiger partial charge in [0.15, 0.2) is 0 Å². The monoisotopic (exact) mass is 423 g/mol. The van der Waals surface area contributed by atoms with E-state index in [1.165, 1.54) is 6.20 Å². The van der Waals surface area contributed by atoms with Gasteiger partial charge in [-0.1, -0.05) is 11.6 Å². The van der Waals surface area contributed by atoms with Gasteiger partial charge in [-0.2, -0.15) is 26.6 Å². The number of hydrogen-bond donors (Lipinski definition) is 1. The van der Waals surface area contributed by atoms with Crippen molar-refractivity contribution in [2.75, 3.05) is 18.5 Å². The molecule has 2 unspecified atom stereocenters. The SMILES string of the molecule is O=S(=O)(O[C@@H]1COC2C1OC[C@H]2Nc1nc(Cl)ncc1Cl)C(F)(F)F. The number of anilines is 1. The summed E-state index contributed by atoms with van der Waals surface area (Å²) in [6.45, 7) is -0.361. The molecule has 140 valence electrons. The summed E-state index contributed by atoms with van der Waals surface area (Å²) in [6.07, 6.45) is -1.89. The third-order valence-electron chi connectivity index (χ3n) is 3.58. The quantitative estimate of drug-likeness (QED) is 0.442. The summed E-state index contributed by atoms with van der Waals surface area (Å²) < 4.78 is 74.4. The van der Waals surface area contributed by atoms with Crippen molar-refractivity contribution in [2.24, 2.45) is 0 Å². The number of nitrogens with one attached hydrogen (secondary N) is 1. The molecule has 0 aliphatic carbocycles. The first-order valence-corrected chi connectivity index (χ1v) is 8.92. The van der Waals surface area contributed by atoms with Crippen LogP contribution in [0.15, 0.2) is 6.20 Å². The smallest absolute Gasteiger partial charge is 0.370 e. The first kappa shape index (κ1) is 18.9. The zero-order valence-electron chi connectivity index (χ0n) is 12.0. The fraction of sp³-hybridized carbons (Fsp3) is 0.636. The molecule has 3 heterocycles. The van der Waals surface area contributed by atoms with E-state index in [1.807, 2.05) is 0 Å². The average molecular weight is 424 g/mol. The number of ether oxygens (including phenoxy) is 2.